The van der Waals surface area contributed by atoms with Gasteiger partial charge in [0.15, 0.2) is 17.7 Å². The number of carbonyl (C=O) groups excluding carboxylic acids is 2. The Morgan fingerprint density at radius 1 is 1.56 bits per heavy atom. The Kier molecular flexibility index (Phi) is 3.60. The standard InChI is InChI=1S/C13H14FNO3/c1-8(13(17)15-10-3-4-10)18-12-5-2-9(7-16)6-11(12)14/h2,5-8,10H,3-4H2,1H3,(H,15,17). The molecule has 1 N–H and O–H groups in total. The Morgan fingerprint density at radius 3 is 2.83 bits per heavy atom. The van der Waals surface area contributed by atoms with Gasteiger partial charge in [-0.3, -0.25) is 9.59 Å². The van der Waals surface area contributed by atoms with Crippen LogP contribution in [0.4, 0.5) is 4.39 Å². The number of aldehydes is 1. The lowest BCUT2D eigenvalue weighted by atomic mass is 10.2. The molecule has 2 rings (SSSR count). The van der Waals surface area contributed by atoms with Crippen LogP contribution in [0.5, 0.6) is 5.75 Å². The molecule has 1 saturated carbocycles. The molecule has 0 saturated heterocycles. The quantitative estimate of drug-likeness (QED) is 0.810. The monoisotopic (exact) mass is 251 g/mol. The van der Waals surface area contributed by atoms with Crippen molar-refractivity contribution in [1.82, 2.24) is 5.32 Å². The van der Waals surface area contributed by atoms with Gasteiger partial charge in [-0.05, 0) is 38.0 Å². The van der Waals surface area contributed by atoms with Gasteiger partial charge in [-0.25, -0.2) is 4.39 Å². The van der Waals surface area contributed by atoms with E-state index in [9.17, 15) is 14.0 Å². The van der Waals surface area contributed by atoms with Crippen LogP contribution < -0.4 is 10.1 Å². The third-order valence-electron chi connectivity index (χ3n) is 2.69. The highest BCUT2D eigenvalue weighted by atomic mass is 19.1. The molecule has 1 aromatic carbocycles. The molecule has 0 aliphatic heterocycles. The fourth-order valence-corrected chi connectivity index (χ4v) is 1.48. The van der Waals surface area contributed by atoms with Gasteiger partial charge in [-0.2, -0.15) is 0 Å². The summed E-state index contributed by atoms with van der Waals surface area (Å²) in [4.78, 5) is 22.1. The number of carbonyl (C=O) groups is 2. The largest absolute Gasteiger partial charge is 0.478 e. The third-order valence-corrected chi connectivity index (χ3v) is 2.69. The van der Waals surface area contributed by atoms with Gasteiger partial charge in [-0.15, -0.1) is 0 Å². The number of amides is 1. The van der Waals surface area contributed by atoms with Gasteiger partial charge < -0.3 is 10.1 Å². The summed E-state index contributed by atoms with van der Waals surface area (Å²) in [7, 11) is 0. The average Bonchev–Trinajstić information content (AvgIpc) is 3.15. The van der Waals surface area contributed by atoms with Crippen molar-refractivity contribution in [1.29, 1.82) is 0 Å². The summed E-state index contributed by atoms with van der Waals surface area (Å²) in [6.07, 6.45) is 1.76. The van der Waals surface area contributed by atoms with Gasteiger partial charge in [-0.1, -0.05) is 0 Å². The SMILES string of the molecule is CC(Oc1ccc(C=O)cc1F)C(=O)NC1CC1. The second-order valence-electron chi connectivity index (χ2n) is 4.35. The number of rotatable bonds is 5. The van der Waals surface area contributed by atoms with E-state index in [0.29, 0.717) is 6.29 Å². The maximum atomic E-state index is 13.5. The highest BCUT2D eigenvalue weighted by Crippen LogP contribution is 2.21. The van der Waals surface area contributed by atoms with Crippen LogP contribution in [0.15, 0.2) is 18.2 Å². The van der Waals surface area contributed by atoms with Crippen molar-refractivity contribution < 1.29 is 18.7 Å². The highest BCUT2D eigenvalue weighted by Gasteiger charge is 2.26. The minimum Gasteiger partial charge on any atom is -0.478 e. The molecular formula is C13H14FNO3. The Bertz CT molecular complexity index is 471. The fourth-order valence-electron chi connectivity index (χ4n) is 1.48. The van der Waals surface area contributed by atoms with E-state index in [0.717, 1.165) is 18.9 Å². The van der Waals surface area contributed by atoms with Crippen molar-refractivity contribution in [2.24, 2.45) is 0 Å². The topological polar surface area (TPSA) is 55.4 Å². The molecule has 1 aromatic rings. The van der Waals surface area contributed by atoms with E-state index in [1.54, 1.807) is 6.92 Å². The van der Waals surface area contributed by atoms with Crippen LogP contribution in [-0.2, 0) is 4.79 Å². The van der Waals surface area contributed by atoms with Crippen molar-refractivity contribution in [2.45, 2.75) is 31.9 Å². The third kappa shape index (κ3) is 3.06. The van der Waals surface area contributed by atoms with Crippen molar-refractivity contribution in [2.75, 3.05) is 0 Å². The van der Waals surface area contributed by atoms with E-state index < -0.39 is 11.9 Å². The van der Waals surface area contributed by atoms with E-state index in [2.05, 4.69) is 5.32 Å². The molecule has 1 atom stereocenters. The van der Waals surface area contributed by atoms with Crippen LogP contribution in [0.25, 0.3) is 0 Å². The Labute approximate surface area is 104 Å². The maximum absolute atomic E-state index is 13.5. The molecule has 1 unspecified atom stereocenters. The molecule has 4 nitrogen and oxygen atoms in total. The van der Waals surface area contributed by atoms with E-state index >= 15 is 0 Å². The first-order valence-electron chi connectivity index (χ1n) is 5.82. The Hall–Kier alpha value is -1.91. The first-order chi connectivity index (χ1) is 8.60. The molecule has 1 amide bonds. The lowest BCUT2D eigenvalue weighted by Crippen LogP contribution is -2.37. The lowest BCUT2D eigenvalue weighted by Gasteiger charge is -2.15. The molecule has 0 radical (unpaired) electrons. The summed E-state index contributed by atoms with van der Waals surface area (Å²) in [5, 5.41) is 2.77. The fraction of sp³-hybridized carbons (Fsp3) is 0.385. The predicted octanol–water partition coefficient (Wildman–Crippen LogP) is 1.68. The highest BCUT2D eigenvalue weighted by molar-refractivity contribution is 5.81. The van der Waals surface area contributed by atoms with Gasteiger partial charge in [0.2, 0.25) is 0 Å². The Morgan fingerprint density at radius 2 is 2.28 bits per heavy atom. The molecule has 1 aliphatic carbocycles. The molecular weight excluding hydrogens is 237 g/mol. The number of ether oxygens (including phenoxy) is 1. The van der Waals surface area contributed by atoms with Crippen molar-refractivity contribution in [3.05, 3.63) is 29.6 Å². The van der Waals surface area contributed by atoms with Gasteiger partial charge in [0, 0.05) is 11.6 Å². The predicted molar refractivity (Wildman–Crippen MR) is 63.0 cm³/mol. The van der Waals surface area contributed by atoms with Gasteiger partial charge in [0.05, 0.1) is 0 Å². The maximum Gasteiger partial charge on any atom is 0.260 e. The second kappa shape index (κ2) is 5.16. The van der Waals surface area contributed by atoms with E-state index in [1.165, 1.54) is 12.1 Å². The molecule has 1 fully saturated rings. The molecule has 0 aromatic heterocycles. The summed E-state index contributed by atoms with van der Waals surface area (Å²) in [6.45, 7) is 1.56. The Balaban J connectivity index is 1.99. The van der Waals surface area contributed by atoms with Gasteiger partial charge in [0.1, 0.15) is 6.29 Å². The molecule has 0 bridgehead atoms. The number of hydrogen-bond donors (Lipinski definition) is 1. The minimum absolute atomic E-state index is 0.0287. The summed E-state index contributed by atoms with van der Waals surface area (Å²) >= 11 is 0. The first kappa shape index (κ1) is 12.5. The normalized spacial score (nSPS) is 15.9. The minimum atomic E-state index is -0.762. The summed E-state index contributed by atoms with van der Waals surface area (Å²) in [5.41, 5.74) is 0.231. The number of hydrogen-bond acceptors (Lipinski definition) is 3. The zero-order valence-electron chi connectivity index (χ0n) is 9.98. The van der Waals surface area contributed by atoms with Crippen molar-refractivity contribution in [3.63, 3.8) is 0 Å². The summed E-state index contributed by atoms with van der Waals surface area (Å²) < 4.78 is 18.8. The van der Waals surface area contributed by atoms with Crippen LogP contribution in [0, 0.1) is 5.82 Å². The van der Waals surface area contributed by atoms with E-state index in [1.807, 2.05) is 0 Å². The average molecular weight is 251 g/mol. The molecule has 0 heterocycles. The van der Waals surface area contributed by atoms with Crippen molar-refractivity contribution >= 4 is 12.2 Å². The van der Waals surface area contributed by atoms with E-state index in [-0.39, 0.29) is 23.3 Å². The second-order valence-corrected chi connectivity index (χ2v) is 4.35. The number of halogens is 1. The molecule has 5 heteroatoms. The zero-order valence-corrected chi connectivity index (χ0v) is 9.98. The first-order valence-corrected chi connectivity index (χ1v) is 5.82. The van der Waals surface area contributed by atoms with Crippen LogP contribution in [0.2, 0.25) is 0 Å². The number of benzene rings is 1. The molecule has 1 aliphatic rings. The van der Waals surface area contributed by atoms with E-state index in [4.69, 9.17) is 4.74 Å². The summed E-state index contributed by atoms with van der Waals surface area (Å²) in [5.74, 6) is -0.930. The zero-order chi connectivity index (χ0) is 13.1. The smallest absolute Gasteiger partial charge is 0.260 e. The van der Waals surface area contributed by atoms with Crippen LogP contribution in [0.1, 0.15) is 30.1 Å². The lowest BCUT2D eigenvalue weighted by molar-refractivity contribution is -0.127. The molecule has 18 heavy (non-hydrogen) atoms. The van der Waals surface area contributed by atoms with Gasteiger partial charge >= 0.3 is 0 Å². The molecule has 0 spiro atoms. The molecule has 96 valence electrons. The summed E-state index contributed by atoms with van der Waals surface area (Å²) in [6, 6.07) is 4.11. The van der Waals surface area contributed by atoms with Crippen LogP contribution in [0.3, 0.4) is 0 Å². The van der Waals surface area contributed by atoms with Crippen LogP contribution >= 0.6 is 0 Å². The van der Waals surface area contributed by atoms with Gasteiger partial charge in [0.25, 0.3) is 5.91 Å². The van der Waals surface area contributed by atoms with Crippen molar-refractivity contribution in [3.8, 4) is 5.75 Å². The van der Waals surface area contributed by atoms with Crippen LogP contribution in [-0.4, -0.2) is 24.3 Å². The number of nitrogens with one attached hydrogen (secondary N) is 1.